The lowest BCUT2D eigenvalue weighted by molar-refractivity contribution is -0.123. The van der Waals surface area contributed by atoms with Gasteiger partial charge in [-0.2, -0.15) is 5.10 Å². The number of benzene rings is 2. The van der Waals surface area contributed by atoms with Crippen molar-refractivity contribution in [2.24, 2.45) is 5.10 Å². The third kappa shape index (κ3) is 4.87. The van der Waals surface area contributed by atoms with Crippen LogP contribution in [0.5, 0.6) is 11.5 Å². The second-order valence-electron chi connectivity index (χ2n) is 4.38. The molecule has 0 saturated carbocycles. The number of hydrogen-bond donors (Lipinski definition) is 1. The molecule has 2 aromatic rings. The standard InChI is InChI=1S/C16H14Cl2N2O3/c1-22-13-7-3-2-5-11(13)9-19-20-15(21)10-23-14-8-4-6-12(17)16(14)18/h2-9H,10H2,1H3,(H,20,21)/b19-9+. The van der Waals surface area contributed by atoms with E-state index in [1.165, 1.54) is 6.21 Å². The van der Waals surface area contributed by atoms with Crippen LogP contribution in [0.25, 0.3) is 0 Å². The summed E-state index contributed by atoms with van der Waals surface area (Å²) in [4.78, 5) is 11.7. The molecule has 0 atom stereocenters. The van der Waals surface area contributed by atoms with Crippen LogP contribution in [0, 0.1) is 0 Å². The maximum atomic E-state index is 11.7. The van der Waals surface area contributed by atoms with E-state index < -0.39 is 5.91 Å². The highest BCUT2D eigenvalue weighted by Crippen LogP contribution is 2.31. The van der Waals surface area contributed by atoms with Crippen molar-refractivity contribution >= 4 is 35.3 Å². The quantitative estimate of drug-likeness (QED) is 0.638. The molecule has 0 unspecified atom stereocenters. The predicted molar refractivity (Wildman–Crippen MR) is 90.7 cm³/mol. The van der Waals surface area contributed by atoms with E-state index in [9.17, 15) is 4.79 Å². The van der Waals surface area contributed by atoms with Gasteiger partial charge < -0.3 is 9.47 Å². The summed E-state index contributed by atoms with van der Waals surface area (Å²) < 4.78 is 10.5. The molecule has 2 rings (SSSR count). The number of para-hydroxylation sites is 1. The summed E-state index contributed by atoms with van der Waals surface area (Å²) in [5, 5.41) is 4.48. The van der Waals surface area contributed by atoms with Gasteiger partial charge in [-0.1, -0.05) is 41.4 Å². The fourth-order valence-corrected chi connectivity index (χ4v) is 2.06. The van der Waals surface area contributed by atoms with Crippen LogP contribution in [0.3, 0.4) is 0 Å². The van der Waals surface area contributed by atoms with E-state index in [0.717, 1.165) is 5.56 Å². The maximum absolute atomic E-state index is 11.7. The number of carbonyl (C=O) groups is 1. The first kappa shape index (κ1) is 17.1. The highest BCUT2D eigenvalue weighted by atomic mass is 35.5. The van der Waals surface area contributed by atoms with Gasteiger partial charge in [0.2, 0.25) is 0 Å². The summed E-state index contributed by atoms with van der Waals surface area (Å²) in [6.07, 6.45) is 1.49. The van der Waals surface area contributed by atoms with Gasteiger partial charge in [0.05, 0.1) is 18.3 Å². The molecular weight excluding hydrogens is 339 g/mol. The average Bonchev–Trinajstić information content (AvgIpc) is 2.56. The third-order valence-electron chi connectivity index (χ3n) is 2.81. The second kappa shape index (κ2) is 8.41. The van der Waals surface area contributed by atoms with Crippen molar-refractivity contribution < 1.29 is 14.3 Å². The summed E-state index contributed by atoms with van der Waals surface area (Å²) in [5.74, 6) is 0.572. The molecule has 1 amide bonds. The molecule has 0 aliphatic carbocycles. The number of nitrogens with one attached hydrogen (secondary N) is 1. The Bertz CT molecular complexity index is 720. The zero-order chi connectivity index (χ0) is 16.7. The second-order valence-corrected chi connectivity index (χ2v) is 5.16. The summed E-state index contributed by atoms with van der Waals surface area (Å²) in [6.45, 7) is -0.233. The molecule has 0 saturated heterocycles. The molecule has 0 radical (unpaired) electrons. The Labute approximate surface area is 143 Å². The molecule has 5 nitrogen and oxygen atoms in total. The molecule has 0 aliphatic heterocycles. The number of hydrazone groups is 1. The molecule has 0 aliphatic rings. The van der Waals surface area contributed by atoms with Gasteiger partial charge in [0.25, 0.3) is 5.91 Å². The summed E-state index contributed by atoms with van der Waals surface area (Å²) in [6, 6.07) is 12.2. The smallest absolute Gasteiger partial charge is 0.277 e. The fourth-order valence-electron chi connectivity index (χ4n) is 1.72. The number of halogens is 2. The zero-order valence-corrected chi connectivity index (χ0v) is 13.8. The number of nitrogens with zero attached hydrogens (tertiary/aromatic N) is 1. The van der Waals surface area contributed by atoms with E-state index in [2.05, 4.69) is 10.5 Å². The maximum Gasteiger partial charge on any atom is 0.277 e. The SMILES string of the molecule is COc1ccccc1/C=N/NC(=O)COc1cccc(Cl)c1Cl. The molecule has 0 bridgehead atoms. The summed E-state index contributed by atoms with van der Waals surface area (Å²) in [5.41, 5.74) is 3.11. The minimum atomic E-state index is -0.424. The number of rotatable bonds is 6. The van der Waals surface area contributed by atoms with Crippen LogP contribution in [-0.2, 0) is 4.79 Å². The Morgan fingerprint density at radius 3 is 2.70 bits per heavy atom. The Kier molecular flexibility index (Phi) is 6.26. The van der Waals surface area contributed by atoms with Gasteiger partial charge in [-0.05, 0) is 24.3 Å². The average molecular weight is 353 g/mol. The molecule has 7 heteroatoms. The van der Waals surface area contributed by atoms with Gasteiger partial charge in [-0.15, -0.1) is 0 Å². The molecule has 0 heterocycles. The van der Waals surface area contributed by atoms with E-state index in [0.29, 0.717) is 16.5 Å². The lowest BCUT2D eigenvalue weighted by Crippen LogP contribution is -2.24. The summed E-state index contributed by atoms with van der Waals surface area (Å²) in [7, 11) is 1.56. The molecule has 2 aromatic carbocycles. The van der Waals surface area contributed by atoms with Crippen molar-refractivity contribution in [1.29, 1.82) is 0 Å². The van der Waals surface area contributed by atoms with Crippen molar-refractivity contribution in [2.45, 2.75) is 0 Å². The van der Waals surface area contributed by atoms with Gasteiger partial charge in [-0.3, -0.25) is 4.79 Å². The number of carbonyl (C=O) groups excluding carboxylic acids is 1. The number of methoxy groups -OCH3 is 1. The molecule has 23 heavy (non-hydrogen) atoms. The van der Waals surface area contributed by atoms with Crippen molar-refractivity contribution in [3.63, 3.8) is 0 Å². The normalized spacial score (nSPS) is 10.6. The van der Waals surface area contributed by atoms with Crippen molar-refractivity contribution in [3.05, 3.63) is 58.1 Å². The van der Waals surface area contributed by atoms with Crippen molar-refractivity contribution in [2.75, 3.05) is 13.7 Å². The number of ether oxygens (including phenoxy) is 2. The molecule has 120 valence electrons. The molecule has 0 aromatic heterocycles. The number of hydrogen-bond acceptors (Lipinski definition) is 4. The Hall–Kier alpha value is -2.24. The van der Waals surface area contributed by atoms with E-state index >= 15 is 0 Å². The fraction of sp³-hybridized carbons (Fsp3) is 0.125. The van der Waals surface area contributed by atoms with E-state index in [4.69, 9.17) is 32.7 Å². The highest BCUT2D eigenvalue weighted by molar-refractivity contribution is 6.42. The Balaban J connectivity index is 1.88. The lowest BCUT2D eigenvalue weighted by atomic mass is 10.2. The molecule has 1 N–H and O–H groups in total. The highest BCUT2D eigenvalue weighted by Gasteiger charge is 2.07. The van der Waals surface area contributed by atoms with E-state index in [1.807, 2.05) is 18.2 Å². The molecular formula is C16H14Cl2N2O3. The Morgan fingerprint density at radius 2 is 1.91 bits per heavy atom. The molecule has 0 spiro atoms. The van der Waals surface area contributed by atoms with Crippen LogP contribution in [0.15, 0.2) is 47.6 Å². The first-order valence-electron chi connectivity index (χ1n) is 6.63. The van der Waals surface area contributed by atoms with Gasteiger partial charge in [0.1, 0.15) is 16.5 Å². The minimum absolute atomic E-state index is 0.233. The van der Waals surface area contributed by atoms with Crippen LogP contribution in [0.2, 0.25) is 10.0 Å². The van der Waals surface area contributed by atoms with Crippen molar-refractivity contribution in [1.82, 2.24) is 5.43 Å². The van der Waals surface area contributed by atoms with Crippen LogP contribution in [0.4, 0.5) is 0 Å². The van der Waals surface area contributed by atoms with E-state index in [1.54, 1.807) is 31.4 Å². The summed E-state index contributed by atoms with van der Waals surface area (Å²) >= 11 is 11.8. The lowest BCUT2D eigenvalue weighted by Gasteiger charge is -2.07. The van der Waals surface area contributed by atoms with E-state index in [-0.39, 0.29) is 11.6 Å². The Morgan fingerprint density at radius 1 is 1.17 bits per heavy atom. The third-order valence-corrected chi connectivity index (χ3v) is 3.61. The predicted octanol–water partition coefficient (Wildman–Crippen LogP) is 3.53. The van der Waals surface area contributed by atoms with Crippen molar-refractivity contribution in [3.8, 4) is 11.5 Å². The zero-order valence-electron chi connectivity index (χ0n) is 12.3. The topological polar surface area (TPSA) is 59.9 Å². The minimum Gasteiger partial charge on any atom is -0.496 e. The van der Waals surface area contributed by atoms with Crippen LogP contribution >= 0.6 is 23.2 Å². The van der Waals surface area contributed by atoms with Gasteiger partial charge >= 0.3 is 0 Å². The van der Waals surface area contributed by atoms with Gasteiger partial charge in [0.15, 0.2) is 6.61 Å². The molecule has 0 fully saturated rings. The van der Waals surface area contributed by atoms with Crippen LogP contribution < -0.4 is 14.9 Å². The monoisotopic (exact) mass is 352 g/mol. The first-order chi connectivity index (χ1) is 11.1. The number of amides is 1. The largest absolute Gasteiger partial charge is 0.496 e. The van der Waals surface area contributed by atoms with Gasteiger partial charge in [0, 0.05) is 5.56 Å². The van der Waals surface area contributed by atoms with Gasteiger partial charge in [-0.25, -0.2) is 5.43 Å². The van der Waals surface area contributed by atoms with Crippen LogP contribution in [0.1, 0.15) is 5.56 Å². The first-order valence-corrected chi connectivity index (χ1v) is 7.39. The van der Waals surface area contributed by atoms with Crippen LogP contribution in [-0.4, -0.2) is 25.8 Å².